The van der Waals surface area contributed by atoms with Crippen LogP contribution in [-0.2, 0) is 17.9 Å². The van der Waals surface area contributed by atoms with Crippen LogP contribution in [0, 0.1) is 0 Å². The number of guanidine groups is 1. The van der Waals surface area contributed by atoms with Crippen molar-refractivity contribution in [3.8, 4) is 0 Å². The fourth-order valence-electron chi connectivity index (χ4n) is 2.08. The zero-order valence-electron chi connectivity index (χ0n) is 14.0. The highest BCUT2D eigenvalue weighted by atomic mass is 127. The molecule has 0 heterocycles. The molecule has 0 radical (unpaired) electrons. The minimum absolute atomic E-state index is 0. The first-order chi connectivity index (χ1) is 10.3. The molecule has 1 rings (SSSR count). The van der Waals surface area contributed by atoms with Gasteiger partial charge in [0.05, 0.1) is 6.61 Å². The molecule has 1 aromatic rings. The first kappa shape index (κ1) is 21.2. The minimum atomic E-state index is 0. The number of nitrogens with one attached hydrogen (secondary N) is 2. The van der Waals surface area contributed by atoms with Crippen LogP contribution in [0.3, 0.4) is 0 Å². The molecule has 5 heteroatoms. The lowest BCUT2D eigenvalue weighted by atomic mass is 10.1. The highest BCUT2D eigenvalue weighted by molar-refractivity contribution is 14.0. The highest BCUT2D eigenvalue weighted by Gasteiger charge is 1.98. The van der Waals surface area contributed by atoms with Crippen molar-refractivity contribution in [3.05, 3.63) is 35.4 Å². The van der Waals surface area contributed by atoms with E-state index < -0.39 is 0 Å². The SMILES string of the molecule is CCCCCCNC(=NC)NCc1ccc(COC)cc1.I. The van der Waals surface area contributed by atoms with E-state index in [0.29, 0.717) is 6.61 Å². The number of halogens is 1. The zero-order valence-corrected chi connectivity index (χ0v) is 16.4. The quantitative estimate of drug-likeness (QED) is 0.278. The average molecular weight is 419 g/mol. The highest BCUT2D eigenvalue weighted by Crippen LogP contribution is 2.05. The molecule has 0 aromatic heterocycles. The number of nitrogens with zero attached hydrogens (tertiary/aromatic N) is 1. The Bertz CT molecular complexity index is 407. The van der Waals surface area contributed by atoms with Gasteiger partial charge in [0.15, 0.2) is 5.96 Å². The maximum Gasteiger partial charge on any atom is 0.191 e. The van der Waals surface area contributed by atoms with Crippen LogP contribution in [0.15, 0.2) is 29.3 Å². The molecule has 0 aliphatic rings. The molecule has 0 spiro atoms. The van der Waals surface area contributed by atoms with Crippen LogP contribution in [0.4, 0.5) is 0 Å². The number of hydrogen-bond acceptors (Lipinski definition) is 2. The Kier molecular flexibility index (Phi) is 13.3. The summed E-state index contributed by atoms with van der Waals surface area (Å²) < 4.78 is 5.11. The van der Waals surface area contributed by atoms with Crippen LogP contribution in [0.2, 0.25) is 0 Å². The summed E-state index contributed by atoms with van der Waals surface area (Å²) in [6, 6.07) is 8.44. The molecule has 0 amide bonds. The standard InChI is InChI=1S/C17H29N3O.HI/c1-4-5-6-7-12-19-17(18-2)20-13-15-8-10-16(11-9-15)14-21-3;/h8-11H,4-7,12-14H2,1-3H3,(H2,18,19,20);1H. The van der Waals surface area contributed by atoms with Gasteiger partial charge in [-0.2, -0.15) is 0 Å². The van der Waals surface area contributed by atoms with Crippen molar-refractivity contribution in [2.75, 3.05) is 20.7 Å². The van der Waals surface area contributed by atoms with Crippen molar-refractivity contribution >= 4 is 29.9 Å². The monoisotopic (exact) mass is 419 g/mol. The van der Waals surface area contributed by atoms with Gasteiger partial charge in [0.2, 0.25) is 0 Å². The maximum atomic E-state index is 5.11. The normalized spacial score (nSPS) is 11.0. The summed E-state index contributed by atoms with van der Waals surface area (Å²) in [6.45, 7) is 4.65. The smallest absolute Gasteiger partial charge is 0.191 e. The first-order valence-electron chi connectivity index (χ1n) is 7.81. The van der Waals surface area contributed by atoms with Crippen molar-refractivity contribution in [1.82, 2.24) is 10.6 Å². The predicted octanol–water partition coefficient (Wildman–Crippen LogP) is 3.70. The van der Waals surface area contributed by atoms with Crippen molar-refractivity contribution in [2.24, 2.45) is 4.99 Å². The number of hydrogen-bond donors (Lipinski definition) is 2. The molecule has 2 N–H and O–H groups in total. The van der Waals surface area contributed by atoms with Crippen molar-refractivity contribution in [2.45, 2.75) is 45.8 Å². The van der Waals surface area contributed by atoms with Gasteiger partial charge in [-0.25, -0.2) is 0 Å². The summed E-state index contributed by atoms with van der Waals surface area (Å²) in [6.07, 6.45) is 5.05. The van der Waals surface area contributed by atoms with E-state index in [1.165, 1.54) is 36.8 Å². The third kappa shape index (κ3) is 9.25. The van der Waals surface area contributed by atoms with Gasteiger partial charge in [0.25, 0.3) is 0 Å². The second kappa shape index (κ2) is 13.8. The number of rotatable bonds is 9. The topological polar surface area (TPSA) is 45.7 Å². The maximum absolute atomic E-state index is 5.11. The van der Waals surface area contributed by atoms with Crippen molar-refractivity contribution < 1.29 is 4.74 Å². The van der Waals surface area contributed by atoms with Crippen molar-refractivity contribution in [3.63, 3.8) is 0 Å². The molecule has 0 saturated heterocycles. The molecular formula is C17H30IN3O. The number of aliphatic imine (C=N–C) groups is 1. The van der Waals surface area contributed by atoms with Gasteiger partial charge in [-0.05, 0) is 17.5 Å². The Balaban J connectivity index is 0.00000441. The van der Waals surface area contributed by atoms with E-state index in [1.54, 1.807) is 7.11 Å². The van der Waals surface area contributed by atoms with E-state index in [0.717, 1.165) is 19.0 Å². The largest absolute Gasteiger partial charge is 0.380 e. The van der Waals surface area contributed by atoms with Gasteiger partial charge in [-0.15, -0.1) is 24.0 Å². The molecule has 0 bridgehead atoms. The van der Waals surface area contributed by atoms with Gasteiger partial charge in [-0.1, -0.05) is 50.5 Å². The van der Waals surface area contributed by atoms with E-state index >= 15 is 0 Å². The van der Waals surface area contributed by atoms with Crippen LogP contribution >= 0.6 is 24.0 Å². The third-order valence-corrected chi connectivity index (χ3v) is 3.34. The summed E-state index contributed by atoms with van der Waals surface area (Å²) >= 11 is 0. The van der Waals surface area contributed by atoms with Gasteiger partial charge in [0, 0.05) is 27.2 Å². The molecule has 126 valence electrons. The summed E-state index contributed by atoms with van der Waals surface area (Å²) in [5.74, 6) is 0.868. The molecule has 4 nitrogen and oxygen atoms in total. The number of methoxy groups -OCH3 is 1. The third-order valence-electron chi connectivity index (χ3n) is 3.34. The van der Waals surface area contributed by atoms with Crippen LogP contribution in [0.1, 0.15) is 43.7 Å². The van der Waals surface area contributed by atoms with E-state index in [2.05, 4.69) is 46.8 Å². The molecule has 0 fully saturated rings. The number of unbranched alkanes of at least 4 members (excludes halogenated alkanes) is 3. The Hall–Kier alpha value is -0.820. The van der Waals surface area contributed by atoms with Crippen LogP contribution < -0.4 is 10.6 Å². The van der Waals surface area contributed by atoms with E-state index in [-0.39, 0.29) is 24.0 Å². The fourth-order valence-corrected chi connectivity index (χ4v) is 2.08. The molecule has 0 saturated carbocycles. The van der Waals surface area contributed by atoms with Gasteiger partial charge >= 0.3 is 0 Å². The molecule has 0 aliphatic carbocycles. The predicted molar refractivity (Wildman–Crippen MR) is 105 cm³/mol. The van der Waals surface area contributed by atoms with E-state index in [9.17, 15) is 0 Å². The number of ether oxygens (including phenoxy) is 1. The molecule has 22 heavy (non-hydrogen) atoms. The summed E-state index contributed by atoms with van der Waals surface area (Å²) in [4.78, 5) is 4.24. The number of benzene rings is 1. The summed E-state index contributed by atoms with van der Waals surface area (Å²) in [5.41, 5.74) is 2.43. The Labute approximate surface area is 152 Å². The van der Waals surface area contributed by atoms with E-state index in [4.69, 9.17) is 4.74 Å². The first-order valence-corrected chi connectivity index (χ1v) is 7.81. The molecule has 0 unspecified atom stereocenters. The minimum Gasteiger partial charge on any atom is -0.380 e. The molecule has 0 atom stereocenters. The van der Waals surface area contributed by atoms with Crippen LogP contribution in [0.5, 0.6) is 0 Å². The summed E-state index contributed by atoms with van der Waals surface area (Å²) in [7, 11) is 3.52. The van der Waals surface area contributed by atoms with Crippen LogP contribution in [0.25, 0.3) is 0 Å². The van der Waals surface area contributed by atoms with Gasteiger partial charge in [0.1, 0.15) is 0 Å². The average Bonchev–Trinajstić information content (AvgIpc) is 2.52. The lowest BCUT2D eigenvalue weighted by molar-refractivity contribution is 0.185. The zero-order chi connectivity index (χ0) is 15.3. The summed E-state index contributed by atoms with van der Waals surface area (Å²) in [5, 5.41) is 6.68. The van der Waals surface area contributed by atoms with E-state index in [1.807, 2.05) is 7.05 Å². The molecule has 1 aromatic carbocycles. The van der Waals surface area contributed by atoms with Gasteiger partial charge in [-0.3, -0.25) is 4.99 Å². The lowest BCUT2D eigenvalue weighted by Gasteiger charge is -2.12. The fraction of sp³-hybridized carbons (Fsp3) is 0.588. The Morgan fingerprint density at radius 2 is 1.73 bits per heavy atom. The Morgan fingerprint density at radius 1 is 1.05 bits per heavy atom. The lowest BCUT2D eigenvalue weighted by Crippen LogP contribution is -2.37. The second-order valence-corrected chi connectivity index (χ2v) is 5.16. The Morgan fingerprint density at radius 3 is 2.32 bits per heavy atom. The molecule has 0 aliphatic heterocycles. The molecular weight excluding hydrogens is 389 g/mol. The van der Waals surface area contributed by atoms with Crippen molar-refractivity contribution in [1.29, 1.82) is 0 Å². The second-order valence-electron chi connectivity index (χ2n) is 5.16. The van der Waals surface area contributed by atoms with Crippen LogP contribution in [-0.4, -0.2) is 26.7 Å². The van der Waals surface area contributed by atoms with Gasteiger partial charge < -0.3 is 15.4 Å².